The Balaban J connectivity index is 2.27. The van der Waals surface area contributed by atoms with Gasteiger partial charge >= 0.3 is 0 Å². The van der Waals surface area contributed by atoms with Crippen LogP contribution in [0.5, 0.6) is 0 Å². The maximum absolute atomic E-state index is 9.05. The summed E-state index contributed by atoms with van der Waals surface area (Å²) in [6.45, 7) is 3.02. The summed E-state index contributed by atoms with van der Waals surface area (Å²) in [6, 6.07) is 6.42. The van der Waals surface area contributed by atoms with Crippen LogP contribution in [0, 0.1) is 11.3 Å². The van der Waals surface area contributed by atoms with Crippen LogP contribution in [0.1, 0.15) is 25.3 Å². The fourth-order valence-electron chi connectivity index (χ4n) is 2.24. The van der Waals surface area contributed by atoms with Gasteiger partial charge in [0.15, 0.2) is 0 Å². The Labute approximate surface area is 95.7 Å². The lowest BCUT2D eigenvalue weighted by molar-refractivity contribution is 0.427. The van der Waals surface area contributed by atoms with Gasteiger partial charge in [-0.3, -0.25) is 0 Å². The van der Waals surface area contributed by atoms with E-state index in [-0.39, 0.29) is 6.04 Å². The van der Waals surface area contributed by atoms with Gasteiger partial charge in [0.25, 0.3) is 0 Å². The summed E-state index contributed by atoms with van der Waals surface area (Å²) >= 11 is 0. The summed E-state index contributed by atoms with van der Waals surface area (Å²) in [4.78, 5) is 6.49. The number of nitrogens with zero attached hydrogens (tertiary/aromatic N) is 3. The van der Waals surface area contributed by atoms with Crippen LogP contribution in [-0.2, 0) is 0 Å². The minimum atomic E-state index is 0.278. The topological polar surface area (TPSA) is 65.9 Å². The number of aromatic nitrogens is 1. The third kappa shape index (κ3) is 2.00. The number of hydrogen-bond acceptors (Lipinski definition) is 4. The summed E-state index contributed by atoms with van der Waals surface area (Å²) in [7, 11) is 0. The molecule has 0 bridgehead atoms. The lowest BCUT2D eigenvalue weighted by Gasteiger charge is -2.37. The quantitative estimate of drug-likeness (QED) is 0.767. The zero-order chi connectivity index (χ0) is 11.5. The molecule has 1 aromatic rings. The van der Waals surface area contributed by atoms with Crippen molar-refractivity contribution in [3.05, 3.63) is 23.9 Å². The van der Waals surface area contributed by atoms with Gasteiger partial charge in [0.05, 0.1) is 5.56 Å². The van der Waals surface area contributed by atoms with Gasteiger partial charge in [0.1, 0.15) is 11.9 Å². The number of rotatable bonds is 1. The Bertz CT molecular complexity index is 410. The fraction of sp³-hybridized carbons (Fsp3) is 0.500. The first-order chi connectivity index (χ1) is 7.72. The van der Waals surface area contributed by atoms with Gasteiger partial charge in [-0.05, 0) is 31.9 Å². The van der Waals surface area contributed by atoms with Crippen molar-refractivity contribution in [1.82, 2.24) is 4.98 Å². The summed E-state index contributed by atoms with van der Waals surface area (Å²) in [6.07, 6.45) is 3.66. The Hall–Kier alpha value is -1.60. The van der Waals surface area contributed by atoms with Crippen LogP contribution in [-0.4, -0.2) is 23.6 Å². The average Bonchev–Trinajstić information content (AvgIpc) is 2.29. The SMILES string of the molecule is CC1CC(N)CCN1c1ncccc1C#N. The van der Waals surface area contributed by atoms with E-state index in [1.54, 1.807) is 12.3 Å². The van der Waals surface area contributed by atoms with Crippen molar-refractivity contribution in [2.75, 3.05) is 11.4 Å². The second-order valence-electron chi connectivity index (χ2n) is 4.31. The Morgan fingerprint density at radius 2 is 2.44 bits per heavy atom. The standard InChI is InChI=1S/C12H16N4/c1-9-7-11(14)4-6-16(9)12-10(8-13)3-2-5-15-12/h2-3,5,9,11H,4,6-7,14H2,1H3. The molecule has 0 amide bonds. The van der Waals surface area contributed by atoms with Gasteiger partial charge in [0.2, 0.25) is 0 Å². The van der Waals surface area contributed by atoms with Gasteiger partial charge in [-0.25, -0.2) is 4.98 Å². The third-order valence-corrected chi connectivity index (χ3v) is 3.10. The van der Waals surface area contributed by atoms with Gasteiger partial charge < -0.3 is 10.6 Å². The molecule has 0 spiro atoms. The molecule has 2 unspecified atom stereocenters. The first-order valence-corrected chi connectivity index (χ1v) is 5.59. The lowest BCUT2D eigenvalue weighted by Crippen LogP contribution is -2.46. The number of hydrogen-bond donors (Lipinski definition) is 1. The molecular formula is C12H16N4. The first-order valence-electron chi connectivity index (χ1n) is 5.59. The molecule has 0 saturated carbocycles. The molecule has 1 aromatic heterocycles. The molecule has 0 aromatic carbocycles. The molecule has 4 heteroatoms. The third-order valence-electron chi connectivity index (χ3n) is 3.10. The Morgan fingerprint density at radius 1 is 1.62 bits per heavy atom. The molecule has 1 saturated heterocycles. The molecule has 0 aliphatic carbocycles. The van der Waals surface area contributed by atoms with E-state index in [9.17, 15) is 0 Å². The number of anilines is 1. The summed E-state index contributed by atoms with van der Waals surface area (Å²) < 4.78 is 0. The van der Waals surface area contributed by atoms with Crippen molar-refractivity contribution in [3.63, 3.8) is 0 Å². The number of nitrogens with two attached hydrogens (primary N) is 1. The maximum Gasteiger partial charge on any atom is 0.146 e. The van der Waals surface area contributed by atoms with Crippen molar-refractivity contribution < 1.29 is 0 Å². The van der Waals surface area contributed by atoms with E-state index in [0.717, 1.165) is 25.2 Å². The first kappa shape index (κ1) is 10.9. The van der Waals surface area contributed by atoms with Crippen LogP contribution in [0.15, 0.2) is 18.3 Å². The van der Waals surface area contributed by atoms with Gasteiger partial charge in [0, 0.05) is 24.8 Å². The normalized spacial score (nSPS) is 25.2. The second kappa shape index (κ2) is 4.50. The summed E-state index contributed by atoms with van der Waals surface area (Å²) in [5.41, 5.74) is 6.57. The summed E-state index contributed by atoms with van der Waals surface area (Å²) in [5, 5.41) is 9.05. The molecule has 2 N–H and O–H groups in total. The molecule has 2 atom stereocenters. The molecule has 4 nitrogen and oxygen atoms in total. The van der Waals surface area contributed by atoms with Gasteiger partial charge in [-0.15, -0.1) is 0 Å². The van der Waals surface area contributed by atoms with Gasteiger partial charge in [-0.2, -0.15) is 5.26 Å². The number of piperidine rings is 1. The van der Waals surface area contributed by atoms with Crippen LogP contribution in [0.4, 0.5) is 5.82 Å². The zero-order valence-electron chi connectivity index (χ0n) is 9.43. The van der Waals surface area contributed by atoms with Crippen LogP contribution in [0.25, 0.3) is 0 Å². The second-order valence-corrected chi connectivity index (χ2v) is 4.31. The highest BCUT2D eigenvalue weighted by Gasteiger charge is 2.25. The predicted octanol–water partition coefficient (Wildman–Crippen LogP) is 1.27. The lowest BCUT2D eigenvalue weighted by atomic mass is 9.99. The minimum Gasteiger partial charge on any atom is -0.353 e. The average molecular weight is 216 g/mol. The maximum atomic E-state index is 9.05. The van der Waals surface area contributed by atoms with Crippen LogP contribution < -0.4 is 10.6 Å². The van der Waals surface area contributed by atoms with Crippen molar-refractivity contribution in [1.29, 1.82) is 5.26 Å². The van der Waals surface area contributed by atoms with Crippen molar-refractivity contribution in [3.8, 4) is 6.07 Å². The monoisotopic (exact) mass is 216 g/mol. The van der Waals surface area contributed by atoms with E-state index < -0.39 is 0 Å². The predicted molar refractivity (Wildman–Crippen MR) is 63.0 cm³/mol. The number of pyridine rings is 1. The van der Waals surface area contributed by atoms with Crippen molar-refractivity contribution >= 4 is 5.82 Å². The van der Waals surface area contributed by atoms with Crippen molar-refractivity contribution in [2.45, 2.75) is 31.8 Å². The number of nitriles is 1. The highest BCUT2D eigenvalue weighted by atomic mass is 15.2. The molecule has 1 aliphatic heterocycles. The largest absolute Gasteiger partial charge is 0.353 e. The molecule has 2 heterocycles. The minimum absolute atomic E-state index is 0.278. The molecule has 16 heavy (non-hydrogen) atoms. The molecular weight excluding hydrogens is 200 g/mol. The zero-order valence-corrected chi connectivity index (χ0v) is 9.43. The Morgan fingerprint density at radius 3 is 3.12 bits per heavy atom. The molecule has 1 aliphatic rings. The molecule has 2 rings (SSSR count). The Kier molecular flexibility index (Phi) is 3.07. The van der Waals surface area contributed by atoms with Crippen LogP contribution >= 0.6 is 0 Å². The highest BCUT2D eigenvalue weighted by molar-refractivity contribution is 5.54. The molecule has 0 radical (unpaired) electrons. The molecule has 84 valence electrons. The van der Waals surface area contributed by atoms with E-state index in [0.29, 0.717) is 11.6 Å². The van der Waals surface area contributed by atoms with Crippen LogP contribution in [0.2, 0.25) is 0 Å². The van der Waals surface area contributed by atoms with E-state index >= 15 is 0 Å². The smallest absolute Gasteiger partial charge is 0.146 e. The summed E-state index contributed by atoms with van der Waals surface area (Å²) in [5.74, 6) is 0.796. The van der Waals surface area contributed by atoms with E-state index in [1.807, 2.05) is 6.07 Å². The van der Waals surface area contributed by atoms with E-state index in [1.165, 1.54) is 0 Å². The highest BCUT2D eigenvalue weighted by Crippen LogP contribution is 2.24. The van der Waals surface area contributed by atoms with Crippen LogP contribution in [0.3, 0.4) is 0 Å². The fourth-order valence-corrected chi connectivity index (χ4v) is 2.24. The molecule has 1 fully saturated rings. The van der Waals surface area contributed by atoms with Gasteiger partial charge in [-0.1, -0.05) is 0 Å². The van der Waals surface area contributed by atoms with E-state index in [2.05, 4.69) is 22.9 Å². The van der Waals surface area contributed by atoms with E-state index in [4.69, 9.17) is 11.0 Å². The van der Waals surface area contributed by atoms with Crippen molar-refractivity contribution in [2.24, 2.45) is 5.73 Å².